The molecule has 1 fully saturated rings. The third-order valence-corrected chi connectivity index (χ3v) is 4.13. The first-order chi connectivity index (χ1) is 9.63. The number of nitrogens with two attached hydrogens (primary N) is 1. The monoisotopic (exact) mass is 285 g/mol. The Labute approximate surface area is 123 Å². The van der Waals surface area contributed by atoms with Gasteiger partial charge in [-0.1, -0.05) is 36.2 Å². The lowest BCUT2D eigenvalue weighted by Gasteiger charge is -2.26. The fourth-order valence-electron chi connectivity index (χ4n) is 2.59. The second kappa shape index (κ2) is 5.29. The second-order valence-electron chi connectivity index (χ2n) is 5.36. The normalized spacial score (nSPS) is 14.8. The first-order valence-corrected chi connectivity index (χ1v) is 7.22. The van der Waals surface area contributed by atoms with Gasteiger partial charge < -0.3 is 5.73 Å². The van der Waals surface area contributed by atoms with Crippen molar-refractivity contribution in [3.63, 3.8) is 0 Å². The minimum Gasteiger partial charge on any atom is -0.399 e. The number of hydrogen-bond acceptors (Lipinski definition) is 2. The summed E-state index contributed by atoms with van der Waals surface area (Å²) in [4.78, 5) is 12.5. The van der Waals surface area contributed by atoms with Gasteiger partial charge in [0.1, 0.15) is 0 Å². The van der Waals surface area contributed by atoms with Gasteiger partial charge in [-0.2, -0.15) is 0 Å². The lowest BCUT2D eigenvalue weighted by atomic mass is 9.79. The van der Waals surface area contributed by atoms with Gasteiger partial charge in [0.2, 0.25) is 0 Å². The van der Waals surface area contributed by atoms with Crippen molar-refractivity contribution in [2.24, 2.45) is 0 Å². The van der Waals surface area contributed by atoms with Crippen molar-refractivity contribution in [3.8, 4) is 0 Å². The number of ketones is 1. The van der Waals surface area contributed by atoms with E-state index in [0.29, 0.717) is 27.8 Å². The van der Waals surface area contributed by atoms with Crippen LogP contribution in [-0.4, -0.2) is 5.78 Å². The highest BCUT2D eigenvalue weighted by atomic mass is 35.5. The van der Waals surface area contributed by atoms with Gasteiger partial charge in [0.15, 0.2) is 5.78 Å². The molecule has 2 N–H and O–H groups in total. The van der Waals surface area contributed by atoms with Crippen LogP contribution in [0.3, 0.4) is 0 Å². The van der Waals surface area contributed by atoms with E-state index in [1.807, 2.05) is 18.2 Å². The maximum absolute atomic E-state index is 12.5. The first kappa shape index (κ1) is 13.2. The van der Waals surface area contributed by atoms with Crippen molar-refractivity contribution in [1.29, 1.82) is 0 Å². The number of anilines is 1. The van der Waals surface area contributed by atoms with Crippen LogP contribution in [0.5, 0.6) is 0 Å². The lowest BCUT2D eigenvalue weighted by Crippen LogP contribution is -2.10. The summed E-state index contributed by atoms with van der Waals surface area (Å²) in [5, 5.41) is 0.489. The smallest absolute Gasteiger partial charge is 0.193 e. The quantitative estimate of drug-likeness (QED) is 0.670. The molecule has 0 heterocycles. The highest BCUT2D eigenvalue weighted by molar-refractivity contribution is 6.31. The number of nitrogen functional groups attached to an aromatic ring is 1. The zero-order valence-electron chi connectivity index (χ0n) is 11.1. The summed E-state index contributed by atoms with van der Waals surface area (Å²) >= 11 is 5.96. The molecule has 3 heteroatoms. The molecule has 0 amide bonds. The molecule has 2 nitrogen and oxygen atoms in total. The average Bonchev–Trinajstić information content (AvgIpc) is 2.35. The molecule has 0 bridgehead atoms. The van der Waals surface area contributed by atoms with E-state index in [4.69, 9.17) is 17.3 Å². The van der Waals surface area contributed by atoms with E-state index in [0.717, 1.165) is 0 Å². The first-order valence-electron chi connectivity index (χ1n) is 6.84. The Morgan fingerprint density at radius 2 is 1.90 bits per heavy atom. The van der Waals surface area contributed by atoms with Crippen LogP contribution < -0.4 is 5.73 Å². The van der Waals surface area contributed by atoms with Gasteiger partial charge in [-0.3, -0.25) is 4.79 Å². The molecule has 1 saturated carbocycles. The number of rotatable bonds is 3. The predicted molar refractivity (Wildman–Crippen MR) is 82.3 cm³/mol. The van der Waals surface area contributed by atoms with E-state index in [-0.39, 0.29) is 5.78 Å². The van der Waals surface area contributed by atoms with Gasteiger partial charge in [-0.15, -0.1) is 0 Å². The molecule has 0 radical (unpaired) electrons. The average molecular weight is 286 g/mol. The number of benzene rings is 2. The molecule has 2 aromatic rings. The van der Waals surface area contributed by atoms with E-state index in [1.165, 1.54) is 24.8 Å². The molecule has 3 rings (SSSR count). The van der Waals surface area contributed by atoms with Crippen molar-refractivity contribution in [3.05, 3.63) is 64.2 Å². The summed E-state index contributed by atoms with van der Waals surface area (Å²) in [7, 11) is 0. The van der Waals surface area contributed by atoms with Crippen LogP contribution in [0, 0.1) is 0 Å². The number of hydrogen-bond donors (Lipinski definition) is 1. The van der Waals surface area contributed by atoms with Gasteiger partial charge in [0.05, 0.1) is 0 Å². The summed E-state index contributed by atoms with van der Waals surface area (Å²) in [5.41, 5.74) is 8.77. The standard InChI is InChI=1S/C17H16ClNO/c18-15-8-14(9-16(19)10-15)17(20)13-6-2-5-12(7-13)11-3-1-4-11/h2,5-11H,1,3-4,19H2. The molecule has 2 aromatic carbocycles. The Kier molecular flexibility index (Phi) is 3.49. The number of carbonyl (C=O) groups excluding carboxylic acids is 1. The van der Waals surface area contributed by atoms with Crippen LogP contribution in [0.2, 0.25) is 5.02 Å². The van der Waals surface area contributed by atoms with Crippen molar-refractivity contribution in [1.82, 2.24) is 0 Å². The van der Waals surface area contributed by atoms with E-state index in [9.17, 15) is 4.79 Å². The molecule has 0 atom stereocenters. The van der Waals surface area contributed by atoms with Gasteiger partial charge >= 0.3 is 0 Å². The van der Waals surface area contributed by atoms with Crippen LogP contribution >= 0.6 is 11.6 Å². The van der Waals surface area contributed by atoms with Crippen LogP contribution in [0.4, 0.5) is 5.69 Å². The summed E-state index contributed by atoms with van der Waals surface area (Å²) in [6.45, 7) is 0. The largest absolute Gasteiger partial charge is 0.399 e. The molecule has 0 saturated heterocycles. The van der Waals surface area contributed by atoms with Gasteiger partial charge in [0.25, 0.3) is 0 Å². The number of halogens is 1. The molecule has 102 valence electrons. The van der Waals surface area contributed by atoms with Crippen LogP contribution in [0.25, 0.3) is 0 Å². The van der Waals surface area contributed by atoms with E-state index < -0.39 is 0 Å². The summed E-state index contributed by atoms with van der Waals surface area (Å²) in [5.74, 6) is 0.590. The van der Waals surface area contributed by atoms with Crippen LogP contribution in [-0.2, 0) is 0 Å². The summed E-state index contributed by atoms with van der Waals surface area (Å²) < 4.78 is 0. The molecule has 0 aliphatic heterocycles. The Morgan fingerprint density at radius 1 is 1.10 bits per heavy atom. The molecule has 1 aliphatic rings. The fraction of sp³-hybridized carbons (Fsp3) is 0.235. The Bertz CT molecular complexity index is 642. The molecule has 0 spiro atoms. The van der Waals surface area contributed by atoms with Crippen LogP contribution in [0.15, 0.2) is 42.5 Å². The molecular formula is C17H16ClNO. The Morgan fingerprint density at radius 3 is 2.55 bits per heavy atom. The molecule has 0 aromatic heterocycles. The van der Waals surface area contributed by atoms with Crippen molar-refractivity contribution < 1.29 is 4.79 Å². The maximum Gasteiger partial charge on any atom is 0.193 e. The highest BCUT2D eigenvalue weighted by Gasteiger charge is 2.20. The second-order valence-corrected chi connectivity index (χ2v) is 5.79. The number of carbonyl (C=O) groups is 1. The van der Waals surface area contributed by atoms with Gasteiger partial charge in [-0.25, -0.2) is 0 Å². The van der Waals surface area contributed by atoms with Crippen molar-refractivity contribution in [2.45, 2.75) is 25.2 Å². The van der Waals surface area contributed by atoms with E-state index in [1.54, 1.807) is 18.2 Å². The van der Waals surface area contributed by atoms with E-state index >= 15 is 0 Å². The predicted octanol–water partition coefficient (Wildman–Crippen LogP) is 4.42. The molecule has 0 unspecified atom stereocenters. The summed E-state index contributed by atoms with van der Waals surface area (Å²) in [6, 6.07) is 12.9. The fourth-order valence-corrected chi connectivity index (χ4v) is 2.83. The van der Waals surface area contributed by atoms with Gasteiger partial charge in [0, 0.05) is 21.8 Å². The minimum absolute atomic E-state index is 0.0274. The zero-order chi connectivity index (χ0) is 14.1. The SMILES string of the molecule is Nc1cc(Cl)cc(C(=O)c2cccc(C3CCC3)c2)c1. The zero-order valence-corrected chi connectivity index (χ0v) is 11.9. The van der Waals surface area contributed by atoms with Crippen molar-refractivity contribution in [2.75, 3.05) is 5.73 Å². The molecule has 1 aliphatic carbocycles. The third-order valence-electron chi connectivity index (χ3n) is 3.91. The maximum atomic E-state index is 12.5. The Hall–Kier alpha value is -1.80. The lowest BCUT2D eigenvalue weighted by molar-refractivity contribution is 0.103. The third kappa shape index (κ3) is 2.56. The summed E-state index contributed by atoms with van der Waals surface area (Å²) in [6.07, 6.45) is 3.73. The molecule has 20 heavy (non-hydrogen) atoms. The molecular weight excluding hydrogens is 270 g/mol. The van der Waals surface area contributed by atoms with Crippen LogP contribution in [0.1, 0.15) is 46.7 Å². The Balaban J connectivity index is 1.93. The highest BCUT2D eigenvalue weighted by Crippen LogP contribution is 2.36. The topological polar surface area (TPSA) is 43.1 Å². The van der Waals surface area contributed by atoms with E-state index in [2.05, 4.69) is 6.07 Å². The van der Waals surface area contributed by atoms with Crippen molar-refractivity contribution >= 4 is 23.1 Å². The van der Waals surface area contributed by atoms with Gasteiger partial charge in [-0.05, 0) is 48.6 Å². The minimum atomic E-state index is -0.0274.